The van der Waals surface area contributed by atoms with Crippen molar-refractivity contribution in [3.63, 3.8) is 0 Å². The highest BCUT2D eigenvalue weighted by Gasteiger charge is 2.19. The van der Waals surface area contributed by atoms with E-state index in [-0.39, 0.29) is 0 Å². The van der Waals surface area contributed by atoms with Gasteiger partial charge < -0.3 is 15.1 Å². The van der Waals surface area contributed by atoms with E-state index in [9.17, 15) is 0 Å². The van der Waals surface area contributed by atoms with Crippen LogP contribution < -0.4 is 15.1 Å². The van der Waals surface area contributed by atoms with Gasteiger partial charge in [0.2, 0.25) is 0 Å². The number of anilines is 4. The van der Waals surface area contributed by atoms with Gasteiger partial charge in [-0.2, -0.15) is 0 Å². The second-order valence-electron chi connectivity index (χ2n) is 10.6. The molecule has 0 fully saturated rings. The first kappa shape index (κ1) is 26.8. The number of hydrogen-bond acceptors (Lipinski definition) is 4. The van der Waals surface area contributed by atoms with Crippen molar-refractivity contribution in [2.45, 2.75) is 89.9 Å². The van der Waals surface area contributed by atoms with Gasteiger partial charge in [-0.05, 0) is 73.9 Å². The third-order valence-corrected chi connectivity index (χ3v) is 7.78. The molecule has 0 aromatic heterocycles. The minimum absolute atomic E-state index is 0.726. The zero-order valence-corrected chi connectivity index (χ0v) is 23.3. The van der Waals surface area contributed by atoms with Crippen molar-refractivity contribution in [3.8, 4) is 0 Å². The molecule has 0 unspecified atom stereocenters. The van der Waals surface area contributed by atoms with Crippen LogP contribution in [-0.4, -0.2) is 26.2 Å². The van der Waals surface area contributed by atoms with E-state index in [0.717, 1.165) is 38.0 Å². The lowest BCUT2D eigenvalue weighted by molar-refractivity contribution is 0.535. The summed E-state index contributed by atoms with van der Waals surface area (Å²) in [7, 11) is 0. The third-order valence-electron chi connectivity index (χ3n) is 6.67. The predicted octanol–water partition coefficient (Wildman–Crippen LogP) is 9.20. The van der Waals surface area contributed by atoms with E-state index < -0.39 is 0 Å². The second-order valence-corrected chi connectivity index (χ2v) is 11.7. The van der Waals surface area contributed by atoms with Gasteiger partial charge in [0, 0.05) is 47.3 Å². The highest BCUT2D eigenvalue weighted by molar-refractivity contribution is 7.99. The molecule has 2 aromatic rings. The van der Waals surface area contributed by atoms with Crippen LogP contribution in [0.15, 0.2) is 46.2 Å². The summed E-state index contributed by atoms with van der Waals surface area (Å²) in [6.07, 6.45) is 7.45. The van der Waals surface area contributed by atoms with E-state index in [1.54, 1.807) is 0 Å². The van der Waals surface area contributed by atoms with Crippen molar-refractivity contribution in [1.82, 2.24) is 0 Å². The number of hydrogen-bond donors (Lipinski definition) is 1. The van der Waals surface area contributed by atoms with Crippen LogP contribution in [0.5, 0.6) is 0 Å². The van der Waals surface area contributed by atoms with E-state index in [2.05, 4.69) is 93.1 Å². The van der Waals surface area contributed by atoms with Gasteiger partial charge in [-0.3, -0.25) is 0 Å². The fourth-order valence-corrected chi connectivity index (χ4v) is 5.37. The number of nitrogens with one attached hydrogen (secondary N) is 1. The first-order valence-corrected chi connectivity index (χ1v) is 14.5. The van der Waals surface area contributed by atoms with E-state index in [1.165, 1.54) is 71.1 Å². The van der Waals surface area contributed by atoms with E-state index in [1.807, 2.05) is 11.8 Å². The number of unbranched alkanes of at least 4 members (excludes halogenated alkanes) is 2. The molecular formula is C30H47N3S. The lowest BCUT2D eigenvalue weighted by Crippen LogP contribution is -2.27. The fourth-order valence-electron chi connectivity index (χ4n) is 4.32. The molecule has 0 saturated heterocycles. The molecule has 0 saturated carbocycles. The van der Waals surface area contributed by atoms with Crippen LogP contribution >= 0.6 is 11.8 Å². The third kappa shape index (κ3) is 7.60. The van der Waals surface area contributed by atoms with Gasteiger partial charge in [0.25, 0.3) is 0 Å². The van der Waals surface area contributed by atoms with Crippen LogP contribution in [0.1, 0.15) is 80.1 Å². The van der Waals surface area contributed by atoms with Gasteiger partial charge in [0.05, 0.1) is 11.4 Å². The van der Waals surface area contributed by atoms with Crippen LogP contribution in [-0.2, 0) is 0 Å². The molecule has 1 aliphatic heterocycles. The Morgan fingerprint density at radius 2 is 1.12 bits per heavy atom. The highest BCUT2D eigenvalue weighted by Crippen LogP contribution is 2.46. The first-order chi connectivity index (χ1) is 16.4. The maximum atomic E-state index is 3.70. The standard InChI is InChI=1S/C30H47N3S/c1-7-9-17-32(18-10-8-2)25-11-13-27-29(21-25)34-30-22-26(12-14-28(30)31-27)33(19-15-23(3)4)20-16-24(5)6/h11-14,21-24,31H,7-10,15-20H2,1-6H3. The van der Waals surface area contributed by atoms with Crippen molar-refractivity contribution < 1.29 is 0 Å². The van der Waals surface area contributed by atoms with Crippen LogP contribution in [0.3, 0.4) is 0 Å². The Labute approximate surface area is 213 Å². The Bertz CT molecular complexity index is 873. The van der Waals surface area contributed by atoms with Gasteiger partial charge in [0.1, 0.15) is 0 Å². The molecule has 0 amide bonds. The summed E-state index contributed by atoms with van der Waals surface area (Å²) in [4.78, 5) is 7.87. The Hall–Kier alpha value is -1.81. The summed E-state index contributed by atoms with van der Waals surface area (Å²) >= 11 is 1.93. The molecule has 3 nitrogen and oxygen atoms in total. The molecule has 4 heteroatoms. The Kier molecular flexibility index (Phi) is 10.5. The average molecular weight is 482 g/mol. The summed E-state index contributed by atoms with van der Waals surface area (Å²) in [5.74, 6) is 1.45. The SMILES string of the molecule is CCCCN(CCCC)c1ccc2c(c1)Sc1cc(N(CCC(C)C)CCC(C)C)ccc1N2. The van der Waals surface area contributed by atoms with Crippen molar-refractivity contribution in [2.24, 2.45) is 11.8 Å². The number of benzene rings is 2. The summed E-state index contributed by atoms with van der Waals surface area (Å²) in [5, 5.41) is 3.70. The van der Waals surface area contributed by atoms with Crippen molar-refractivity contribution >= 4 is 34.5 Å². The maximum Gasteiger partial charge on any atom is 0.0527 e. The summed E-state index contributed by atoms with van der Waals surface area (Å²) < 4.78 is 0. The van der Waals surface area contributed by atoms with Crippen molar-refractivity contribution in [2.75, 3.05) is 41.3 Å². The summed E-state index contributed by atoms with van der Waals surface area (Å²) in [5.41, 5.74) is 5.19. The Morgan fingerprint density at radius 3 is 1.53 bits per heavy atom. The van der Waals surface area contributed by atoms with Crippen molar-refractivity contribution in [1.29, 1.82) is 0 Å². The quantitative estimate of drug-likeness (QED) is 0.247. The molecule has 34 heavy (non-hydrogen) atoms. The van der Waals surface area contributed by atoms with Crippen LogP contribution in [0.25, 0.3) is 0 Å². The molecule has 1 N–H and O–H groups in total. The average Bonchev–Trinajstić information content (AvgIpc) is 2.82. The Morgan fingerprint density at radius 1 is 0.676 bits per heavy atom. The van der Waals surface area contributed by atoms with E-state index in [0.29, 0.717) is 0 Å². The zero-order valence-electron chi connectivity index (χ0n) is 22.5. The lowest BCUT2D eigenvalue weighted by atomic mass is 10.1. The molecule has 0 aliphatic carbocycles. The molecule has 0 radical (unpaired) electrons. The largest absolute Gasteiger partial charge is 0.372 e. The molecule has 1 aliphatic rings. The van der Waals surface area contributed by atoms with Crippen molar-refractivity contribution in [3.05, 3.63) is 36.4 Å². The second kappa shape index (κ2) is 13.3. The molecule has 0 atom stereocenters. The monoisotopic (exact) mass is 481 g/mol. The predicted molar refractivity (Wildman–Crippen MR) is 153 cm³/mol. The van der Waals surface area contributed by atoms with Crippen LogP contribution in [0, 0.1) is 11.8 Å². The minimum Gasteiger partial charge on any atom is -0.372 e. The van der Waals surface area contributed by atoms with Crippen LogP contribution in [0.2, 0.25) is 0 Å². The Balaban J connectivity index is 1.81. The molecule has 188 valence electrons. The van der Waals surface area contributed by atoms with Gasteiger partial charge >= 0.3 is 0 Å². The first-order valence-electron chi connectivity index (χ1n) is 13.6. The fraction of sp³-hybridized carbons (Fsp3) is 0.600. The number of nitrogens with zero attached hydrogens (tertiary/aromatic N) is 2. The normalized spacial score (nSPS) is 12.5. The number of fused-ring (bicyclic) bond motifs is 2. The maximum absolute atomic E-state index is 3.70. The lowest BCUT2D eigenvalue weighted by Gasteiger charge is -2.30. The molecule has 0 bridgehead atoms. The molecule has 2 aromatic carbocycles. The van der Waals surface area contributed by atoms with Gasteiger partial charge in [-0.15, -0.1) is 0 Å². The minimum atomic E-state index is 0.726. The highest BCUT2D eigenvalue weighted by atomic mass is 32.2. The van der Waals surface area contributed by atoms with Crippen LogP contribution in [0.4, 0.5) is 22.7 Å². The smallest absolute Gasteiger partial charge is 0.0527 e. The molecule has 0 spiro atoms. The zero-order chi connectivity index (χ0) is 24.5. The molecule has 3 rings (SSSR count). The summed E-state index contributed by atoms with van der Waals surface area (Å²) in [6, 6.07) is 14.0. The molecule has 1 heterocycles. The molecular weight excluding hydrogens is 434 g/mol. The topological polar surface area (TPSA) is 18.5 Å². The number of rotatable bonds is 14. The summed E-state index contributed by atoms with van der Waals surface area (Å²) in [6.45, 7) is 18.4. The van der Waals surface area contributed by atoms with Gasteiger partial charge in [0.15, 0.2) is 0 Å². The van der Waals surface area contributed by atoms with E-state index >= 15 is 0 Å². The van der Waals surface area contributed by atoms with Gasteiger partial charge in [-0.25, -0.2) is 0 Å². The van der Waals surface area contributed by atoms with Gasteiger partial charge in [-0.1, -0.05) is 66.1 Å². The van der Waals surface area contributed by atoms with E-state index in [4.69, 9.17) is 0 Å².